The van der Waals surface area contributed by atoms with Crippen LogP contribution >= 0.6 is 23.2 Å². The highest BCUT2D eigenvalue weighted by Gasteiger charge is 2.20. The minimum absolute atomic E-state index is 0.175. The molecule has 0 unspecified atom stereocenters. The Labute approximate surface area is 249 Å². The average Bonchev–Trinajstić information content (AvgIpc) is 3.43. The molecular weight excluding hydrogens is 583 g/mol. The Morgan fingerprint density at radius 2 is 1.90 bits per heavy atom. The van der Waals surface area contributed by atoms with Crippen molar-refractivity contribution in [3.63, 3.8) is 0 Å². The lowest BCUT2D eigenvalue weighted by molar-refractivity contribution is -0.137. The highest BCUT2D eigenvalue weighted by molar-refractivity contribution is 6.32. The van der Waals surface area contributed by atoms with Gasteiger partial charge in [0, 0.05) is 23.5 Å². The van der Waals surface area contributed by atoms with Crippen LogP contribution in [-0.2, 0) is 9.53 Å². The molecule has 1 aliphatic rings. The van der Waals surface area contributed by atoms with E-state index >= 15 is 0 Å². The smallest absolute Gasteiger partial charge is 0.282 e. The average molecular weight is 607 g/mol. The molecule has 6 rings (SSSR count). The Balaban J connectivity index is 1.35. The van der Waals surface area contributed by atoms with Gasteiger partial charge in [-0.25, -0.2) is 4.98 Å². The van der Waals surface area contributed by atoms with E-state index in [9.17, 15) is 9.59 Å². The summed E-state index contributed by atoms with van der Waals surface area (Å²) in [6, 6.07) is 17.2. The zero-order chi connectivity index (χ0) is 29.2. The van der Waals surface area contributed by atoms with Gasteiger partial charge in [0.25, 0.3) is 11.5 Å². The van der Waals surface area contributed by atoms with E-state index in [1.165, 1.54) is 18.0 Å². The van der Waals surface area contributed by atoms with Crippen LogP contribution in [-0.4, -0.2) is 66.7 Å². The molecule has 2 aromatic heterocycles. The third-order valence-corrected chi connectivity index (χ3v) is 7.25. The van der Waals surface area contributed by atoms with Crippen molar-refractivity contribution in [3.8, 4) is 23.1 Å². The number of amides is 1. The van der Waals surface area contributed by atoms with Crippen molar-refractivity contribution in [1.29, 1.82) is 0 Å². The van der Waals surface area contributed by atoms with Crippen molar-refractivity contribution in [1.82, 2.24) is 14.6 Å². The number of methoxy groups -OCH3 is 1. The molecule has 10 nitrogen and oxygen atoms in total. The van der Waals surface area contributed by atoms with E-state index in [2.05, 4.69) is 10.1 Å². The molecule has 3 aromatic carbocycles. The third kappa shape index (κ3) is 5.56. The Morgan fingerprint density at radius 3 is 2.71 bits per heavy atom. The van der Waals surface area contributed by atoms with Crippen LogP contribution in [0.2, 0.25) is 10.0 Å². The van der Waals surface area contributed by atoms with E-state index < -0.39 is 0 Å². The monoisotopic (exact) mass is 606 g/mol. The number of benzene rings is 3. The van der Waals surface area contributed by atoms with Crippen LogP contribution in [0.5, 0.6) is 11.5 Å². The summed E-state index contributed by atoms with van der Waals surface area (Å²) in [6.45, 7) is 1.80. The lowest BCUT2D eigenvalue weighted by atomic mass is 10.2. The van der Waals surface area contributed by atoms with E-state index in [4.69, 9.17) is 41.8 Å². The van der Waals surface area contributed by atoms with Crippen LogP contribution in [0.1, 0.15) is 5.56 Å². The quantitative estimate of drug-likeness (QED) is 0.233. The van der Waals surface area contributed by atoms with Gasteiger partial charge >= 0.3 is 0 Å². The molecule has 0 saturated carbocycles. The van der Waals surface area contributed by atoms with Crippen LogP contribution in [0.25, 0.3) is 33.5 Å². The largest absolute Gasteiger partial charge is 0.493 e. The van der Waals surface area contributed by atoms with Crippen molar-refractivity contribution in [2.75, 3.05) is 40.0 Å². The predicted molar refractivity (Wildman–Crippen MR) is 160 cm³/mol. The fourth-order valence-corrected chi connectivity index (χ4v) is 5.09. The molecule has 0 N–H and O–H groups in total. The first-order valence-corrected chi connectivity index (χ1v) is 13.8. The second-order valence-corrected chi connectivity index (χ2v) is 10.3. The molecule has 0 atom stereocenters. The Hall–Kier alpha value is -4.38. The normalized spacial score (nSPS) is 13.7. The highest BCUT2D eigenvalue weighted by atomic mass is 35.5. The van der Waals surface area contributed by atoms with Gasteiger partial charge in [-0.1, -0.05) is 35.3 Å². The molecule has 12 heteroatoms. The molecule has 3 heterocycles. The first-order valence-electron chi connectivity index (χ1n) is 13.0. The number of halogens is 2. The van der Waals surface area contributed by atoms with Crippen LogP contribution in [0, 0.1) is 0 Å². The van der Waals surface area contributed by atoms with E-state index in [1.54, 1.807) is 65.6 Å². The van der Waals surface area contributed by atoms with Crippen LogP contribution < -0.4 is 15.0 Å². The van der Waals surface area contributed by atoms with E-state index in [1.807, 2.05) is 0 Å². The molecule has 1 saturated heterocycles. The predicted octanol–water partition coefficient (Wildman–Crippen LogP) is 5.24. The molecule has 0 bridgehead atoms. The minimum atomic E-state index is -0.384. The number of fused-ring (bicyclic) bond motifs is 2. The molecular formula is C30H24Cl2N4O6. The van der Waals surface area contributed by atoms with Crippen molar-refractivity contribution in [2.24, 2.45) is 5.10 Å². The highest BCUT2D eigenvalue weighted by Crippen LogP contribution is 2.36. The summed E-state index contributed by atoms with van der Waals surface area (Å²) in [4.78, 5) is 32.5. The zero-order valence-corrected chi connectivity index (χ0v) is 23.9. The van der Waals surface area contributed by atoms with Gasteiger partial charge in [0.15, 0.2) is 23.9 Å². The minimum Gasteiger partial charge on any atom is -0.493 e. The number of furan rings is 1. The van der Waals surface area contributed by atoms with Gasteiger partial charge in [0.1, 0.15) is 5.58 Å². The lowest BCUT2D eigenvalue weighted by Crippen LogP contribution is -2.43. The molecule has 5 aromatic rings. The van der Waals surface area contributed by atoms with E-state index in [0.29, 0.717) is 64.9 Å². The fourth-order valence-electron chi connectivity index (χ4n) is 4.63. The van der Waals surface area contributed by atoms with Gasteiger partial charge in [0.2, 0.25) is 5.82 Å². The van der Waals surface area contributed by atoms with Gasteiger partial charge in [-0.2, -0.15) is 9.78 Å². The number of nitrogens with zero attached hydrogens (tertiary/aromatic N) is 4. The summed E-state index contributed by atoms with van der Waals surface area (Å²) in [6.07, 6.45) is 1.46. The van der Waals surface area contributed by atoms with E-state index in [0.717, 1.165) is 5.39 Å². The third-order valence-electron chi connectivity index (χ3n) is 6.73. The number of hydrogen-bond donors (Lipinski definition) is 0. The molecule has 214 valence electrons. The summed E-state index contributed by atoms with van der Waals surface area (Å²) in [5.74, 6) is 0.908. The maximum absolute atomic E-state index is 13.6. The number of carbonyl (C=O) groups excluding carboxylic acids is 1. The molecule has 1 fully saturated rings. The van der Waals surface area contributed by atoms with Gasteiger partial charge in [-0.15, -0.1) is 0 Å². The van der Waals surface area contributed by atoms with Gasteiger partial charge in [-0.3, -0.25) is 9.59 Å². The number of carbonyl (C=O) groups is 1. The number of aromatic nitrogens is 2. The van der Waals surface area contributed by atoms with Crippen molar-refractivity contribution >= 4 is 57.2 Å². The van der Waals surface area contributed by atoms with Crippen LogP contribution in [0.3, 0.4) is 0 Å². The Morgan fingerprint density at radius 1 is 1.10 bits per heavy atom. The van der Waals surface area contributed by atoms with Crippen molar-refractivity contribution < 1.29 is 23.4 Å². The molecule has 42 heavy (non-hydrogen) atoms. The molecule has 1 aliphatic heterocycles. The summed E-state index contributed by atoms with van der Waals surface area (Å²) in [7, 11) is 1.47. The topological polar surface area (TPSA) is 108 Å². The van der Waals surface area contributed by atoms with E-state index in [-0.39, 0.29) is 34.7 Å². The first-order chi connectivity index (χ1) is 20.4. The standard InChI is InChI=1S/C30H24Cl2N4O6/c1-39-25-13-18(12-22(32)28(25)41-17-27(37)35-8-10-40-11-9-35)16-33-36-29(34-23-5-3-2-4-21(23)30(36)38)26-15-19-14-20(31)6-7-24(19)42-26/h2-7,12-16H,8-11,17H2,1H3. The molecule has 1 amide bonds. The number of rotatable bonds is 7. The Kier molecular flexibility index (Phi) is 7.84. The van der Waals surface area contributed by atoms with Gasteiger partial charge < -0.3 is 23.5 Å². The lowest BCUT2D eigenvalue weighted by Gasteiger charge is -2.26. The summed E-state index contributed by atoms with van der Waals surface area (Å²) in [5.41, 5.74) is 1.22. The summed E-state index contributed by atoms with van der Waals surface area (Å²) >= 11 is 12.7. The summed E-state index contributed by atoms with van der Waals surface area (Å²) < 4.78 is 23.7. The maximum atomic E-state index is 13.6. The molecule has 0 spiro atoms. The molecule has 0 radical (unpaired) electrons. The second kappa shape index (κ2) is 11.8. The maximum Gasteiger partial charge on any atom is 0.282 e. The van der Waals surface area contributed by atoms with Crippen LogP contribution in [0.15, 0.2) is 75.0 Å². The SMILES string of the molecule is COc1cc(C=Nn2c(-c3cc4cc(Cl)ccc4o3)nc3ccccc3c2=O)cc(Cl)c1OCC(=O)N1CCOCC1. The van der Waals surface area contributed by atoms with Gasteiger partial charge in [0.05, 0.1) is 42.5 Å². The number of ether oxygens (including phenoxy) is 3. The molecule has 0 aliphatic carbocycles. The number of para-hydroxylation sites is 1. The number of hydrogen-bond acceptors (Lipinski definition) is 8. The number of morpholine rings is 1. The van der Waals surface area contributed by atoms with Crippen LogP contribution in [0.4, 0.5) is 0 Å². The second-order valence-electron chi connectivity index (χ2n) is 9.42. The summed E-state index contributed by atoms with van der Waals surface area (Å²) in [5, 5.41) is 6.39. The van der Waals surface area contributed by atoms with Crippen molar-refractivity contribution in [2.45, 2.75) is 0 Å². The zero-order valence-electron chi connectivity index (χ0n) is 22.4. The van der Waals surface area contributed by atoms with Gasteiger partial charge in [-0.05, 0) is 54.1 Å². The Bertz CT molecular complexity index is 1890. The first kappa shape index (κ1) is 27.8. The fraction of sp³-hybridized carbons (Fsp3) is 0.200. The van der Waals surface area contributed by atoms with Crippen molar-refractivity contribution in [3.05, 3.63) is 86.6 Å².